The quantitative estimate of drug-likeness (QED) is 0.879. The highest BCUT2D eigenvalue weighted by atomic mass is 79.9. The Labute approximate surface area is 139 Å². The minimum Gasteiger partial charge on any atom is -0.444 e. The lowest BCUT2D eigenvalue weighted by atomic mass is 10.2. The maximum Gasteiger partial charge on any atom is 0.407 e. The van der Waals surface area contributed by atoms with Crippen LogP contribution in [-0.2, 0) is 11.3 Å². The van der Waals surface area contributed by atoms with Gasteiger partial charge in [0.25, 0.3) is 0 Å². The van der Waals surface area contributed by atoms with Gasteiger partial charge in [-0.15, -0.1) is 0 Å². The average molecular weight is 373 g/mol. The monoisotopic (exact) mass is 372 g/mol. The lowest BCUT2D eigenvalue weighted by Crippen LogP contribution is -2.40. The molecule has 1 aromatic rings. The highest BCUT2D eigenvalue weighted by Gasteiger charge is 2.26. The molecule has 1 atom stereocenters. The van der Waals surface area contributed by atoms with Crippen LogP contribution in [0.15, 0.2) is 22.7 Å². The molecule has 0 saturated carbocycles. The summed E-state index contributed by atoms with van der Waals surface area (Å²) in [4.78, 5) is 14.0. The van der Waals surface area contributed by atoms with Crippen LogP contribution in [0.25, 0.3) is 0 Å². The Balaban J connectivity index is 1.84. The fourth-order valence-electron chi connectivity index (χ4n) is 2.46. The second kappa shape index (κ2) is 6.96. The Morgan fingerprint density at radius 1 is 1.50 bits per heavy atom. The third-order valence-electron chi connectivity index (χ3n) is 3.40. The van der Waals surface area contributed by atoms with Gasteiger partial charge in [0.1, 0.15) is 11.4 Å². The Hall–Kier alpha value is -1.14. The number of hydrogen-bond donors (Lipinski definition) is 1. The van der Waals surface area contributed by atoms with E-state index in [4.69, 9.17) is 4.74 Å². The van der Waals surface area contributed by atoms with Crippen molar-refractivity contribution in [3.05, 3.63) is 34.1 Å². The second-order valence-corrected chi connectivity index (χ2v) is 7.46. The molecule has 0 aliphatic carbocycles. The van der Waals surface area contributed by atoms with Crippen molar-refractivity contribution in [1.29, 1.82) is 0 Å². The van der Waals surface area contributed by atoms with Gasteiger partial charge in [0.05, 0.1) is 0 Å². The summed E-state index contributed by atoms with van der Waals surface area (Å²) in [5.41, 5.74) is 0.556. The van der Waals surface area contributed by atoms with Crippen molar-refractivity contribution >= 4 is 22.0 Å². The third kappa shape index (κ3) is 5.25. The van der Waals surface area contributed by atoms with Gasteiger partial charge in [-0.25, -0.2) is 9.18 Å². The summed E-state index contributed by atoms with van der Waals surface area (Å²) in [5.74, 6) is -0.249. The van der Waals surface area contributed by atoms with Gasteiger partial charge in [0, 0.05) is 30.1 Å². The molecule has 6 heteroatoms. The molecule has 4 nitrogen and oxygen atoms in total. The van der Waals surface area contributed by atoms with Crippen LogP contribution in [0.3, 0.4) is 0 Å². The first-order valence-electron chi connectivity index (χ1n) is 7.39. The van der Waals surface area contributed by atoms with E-state index < -0.39 is 5.60 Å². The van der Waals surface area contributed by atoms with Crippen molar-refractivity contribution in [2.75, 3.05) is 13.1 Å². The number of carbonyl (C=O) groups excluding carboxylic acids is 1. The molecule has 0 bridgehead atoms. The van der Waals surface area contributed by atoms with Crippen LogP contribution >= 0.6 is 15.9 Å². The normalized spacial score (nSPS) is 19.2. The van der Waals surface area contributed by atoms with Crippen molar-refractivity contribution in [3.63, 3.8) is 0 Å². The zero-order chi connectivity index (χ0) is 16.3. The van der Waals surface area contributed by atoms with Gasteiger partial charge in [-0.1, -0.05) is 22.0 Å². The van der Waals surface area contributed by atoms with Crippen LogP contribution in [0, 0.1) is 5.82 Å². The fourth-order valence-corrected chi connectivity index (χ4v) is 2.94. The molecule has 1 N–H and O–H groups in total. The molecule has 1 heterocycles. The number of nitrogens with one attached hydrogen (secondary N) is 1. The first-order chi connectivity index (χ1) is 10.2. The van der Waals surface area contributed by atoms with E-state index in [0.29, 0.717) is 0 Å². The molecule has 1 fully saturated rings. The number of carbonyl (C=O) groups is 1. The Kier molecular flexibility index (Phi) is 5.45. The number of likely N-dealkylation sites (tertiary alicyclic amines) is 1. The summed E-state index contributed by atoms with van der Waals surface area (Å²) in [6, 6.07) is 4.82. The molecular weight excluding hydrogens is 351 g/mol. The molecule has 0 radical (unpaired) electrons. The lowest BCUT2D eigenvalue weighted by molar-refractivity contribution is 0.0505. The summed E-state index contributed by atoms with van der Waals surface area (Å²) in [5, 5.41) is 2.90. The first kappa shape index (κ1) is 17.2. The maximum atomic E-state index is 13.1. The number of halogens is 2. The number of alkyl carbamates (subject to hydrolysis) is 1. The highest BCUT2D eigenvalue weighted by molar-refractivity contribution is 9.10. The molecule has 122 valence electrons. The molecule has 22 heavy (non-hydrogen) atoms. The van der Waals surface area contributed by atoms with E-state index in [0.717, 1.165) is 36.1 Å². The molecule has 1 aromatic carbocycles. The molecule has 0 spiro atoms. The summed E-state index contributed by atoms with van der Waals surface area (Å²) < 4.78 is 19.1. The van der Waals surface area contributed by atoms with E-state index in [1.165, 1.54) is 12.1 Å². The van der Waals surface area contributed by atoms with Crippen LogP contribution in [0.2, 0.25) is 0 Å². The fraction of sp³-hybridized carbons (Fsp3) is 0.562. The molecule has 1 unspecified atom stereocenters. The minimum atomic E-state index is -0.485. The van der Waals surface area contributed by atoms with E-state index in [2.05, 4.69) is 26.1 Å². The number of ether oxygens (including phenoxy) is 1. The SMILES string of the molecule is CC(C)(C)OC(=O)NC1CCN(Cc2ccc(F)cc2Br)C1. The minimum absolute atomic E-state index is 0.0917. The standard InChI is InChI=1S/C16H22BrFN2O2/c1-16(2,3)22-15(21)19-13-6-7-20(10-13)9-11-4-5-12(18)8-14(11)17/h4-5,8,13H,6-7,9-10H2,1-3H3,(H,19,21). The Bertz CT molecular complexity index is 545. The van der Waals surface area contributed by atoms with E-state index in [-0.39, 0.29) is 18.0 Å². The van der Waals surface area contributed by atoms with Gasteiger partial charge in [0.15, 0.2) is 0 Å². The lowest BCUT2D eigenvalue weighted by Gasteiger charge is -2.22. The number of amides is 1. The van der Waals surface area contributed by atoms with E-state index in [1.807, 2.05) is 20.8 Å². The van der Waals surface area contributed by atoms with Crippen LogP contribution in [0.4, 0.5) is 9.18 Å². The topological polar surface area (TPSA) is 41.6 Å². The number of hydrogen-bond acceptors (Lipinski definition) is 3. The molecule has 1 amide bonds. The number of nitrogens with zero attached hydrogens (tertiary/aromatic N) is 1. The zero-order valence-corrected chi connectivity index (χ0v) is 14.7. The van der Waals surface area contributed by atoms with Gasteiger partial charge >= 0.3 is 6.09 Å². The number of benzene rings is 1. The van der Waals surface area contributed by atoms with E-state index in [1.54, 1.807) is 6.07 Å². The largest absolute Gasteiger partial charge is 0.444 e. The number of rotatable bonds is 3. The third-order valence-corrected chi connectivity index (χ3v) is 4.14. The van der Waals surface area contributed by atoms with Crippen molar-refractivity contribution in [3.8, 4) is 0 Å². The molecule has 1 aliphatic heterocycles. The Morgan fingerprint density at radius 2 is 2.23 bits per heavy atom. The van der Waals surface area contributed by atoms with Crippen molar-refractivity contribution in [2.24, 2.45) is 0 Å². The smallest absolute Gasteiger partial charge is 0.407 e. The molecule has 1 saturated heterocycles. The van der Waals surface area contributed by atoms with Crippen molar-refractivity contribution in [1.82, 2.24) is 10.2 Å². The van der Waals surface area contributed by atoms with Gasteiger partial charge in [-0.05, 0) is 44.9 Å². The first-order valence-corrected chi connectivity index (χ1v) is 8.18. The van der Waals surface area contributed by atoms with Gasteiger partial charge < -0.3 is 10.1 Å². The Morgan fingerprint density at radius 3 is 2.86 bits per heavy atom. The van der Waals surface area contributed by atoms with Gasteiger partial charge in [0.2, 0.25) is 0 Å². The van der Waals surface area contributed by atoms with E-state index in [9.17, 15) is 9.18 Å². The molecule has 1 aliphatic rings. The van der Waals surface area contributed by atoms with Crippen molar-refractivity contribution in [2.45, 2.75) is 45.4 Å². The zero-order valence-electron chi connectivity index (χ0n) is 13.2. The van der Waals surface area contributed by atoms with Crippen LogP contribution in [0.1, 0.15) is 32.8 Å². The maximum absolute atomic E-state index is 13.1. The second-order valence-electron chi connectivity index (χ2n) is 6.60. The molecule has 2 rings (SSSR count). The van der Waals surface area contributed by atoms with Crippen LogP contribution < -0.4 is 5.32 Å². The summed E-state index contributed by atoms with van der Waals surface area (Å²) in [6.45, 7) is 7.93. The van der Waals surface area contributed by atoms with Crippen molar-refractivity contribution < 1.29 is 13.9 Å². The predicted octanol–water partition coefficient (Wildman–Crippen LogP) is 3.69. The van der Waals surface area contributed by atoms with Crippen LogP contribution in [0.5, 0.6) is 0 Å². The van der Waals surface area contributed by atoms with Gasteiger partial charge in [-0.3, -0.25) is 4.90 Å². The van der Waals surface area contributed by atoms with Crippen LogP contribution in [-0.4, -0.2) is 35.7 Å². The van der Waals surface area contributed by atoms with Gasteiger partial charge in [-0.2, -0.15) is 0 Å². The highest BCUT2D eigenvalue weighted by Crippen LogP contribution is 2.22. The summed E-state index contributed by atoms with van der Waals surface area (Å²) >= 11 is 3.39. The van der Waals surface area contributed by atoms with E-state index >= 15 is 0 Å². The molecular formula is C16H22BrFN2O2. The predicted molar refractivity (Wildman–Crippen MR) is 87.2 cm³/mol. The average Bonchev–Trinajstić information content (AvgIpc) is 2.77. The molecule has 0 aromatic heterocycles. The summed E-state index contributed by atoms with van der Waals surface area (Å²) in [7, 11) is 0. The summed E-state index contributed by atoms with van der Waals surface area (Å²) in [6.07, 6.45) is 0.514.